The molecule has 4 heteroatoms. The van der Waals surface area contributed by atoms with Crippen molar-refractivity contribution in [3.05, 3.63) is 34.9 Å². The molecule has 0 radical (unpaired) electrons. The van der Waals surface area contributed by atoms with Crippen LogP contribution in [0.4, 0.5) is 0 Å². The number of ketones is 1. The van der Waals surface area contributed by atoms with Crippen LogP contribution in [-0.4, -0.2) is 42.3 Å². The number of hydrogen-bond donors (Lipinski definition) is 1. The topological polar surface area (TPSA) is 49.4 Å². The lowest BCUT2D eigenvalue weighted by Crippen LogP contribution is -2.55. The van der Waals surface area contributed by atoms with Crippen LogP contribution >= 0.6 is 0 Å². The molecular weight excluding hydrogens is 252 g/mol. The number of benzene rings is 1. The summed E-state index contributed by atoms with van der Waals surface area (Å²) in [6.07, 6.45) is 3.41. The predicted molar refractivity (Wildman–Crippen MR) is 76.8 cm³/mol. The van der Waals surface area contributed by atoms with Gasteiger partial charge in [0.1, 0.15) is 0 Å². The number of piperazine rings is 1. The van der Waals surface area contributed by atoms with Gasteiger partial charge in [-0.15, -0.1) is 0 Å². The highest BCUT2D eigenvalue weighted by atomic mass is 16.2. The lowest BCUT2D eigenvalue weighted by Gasteiger charge is -2.32. The molecule has 1 N–H and O–H groups in total. The van der Waals surface area contributed by atoms with Crippen molar-refractivity contribution in [2.45, 2.75) is 32.2 Å². The van der Waals surface area contributed by atoms with Crippen molar-refractivity contribution >= 4 is 11.7 Å². The summed E-state index contributed by atoms with van der Waals surface area (Å²) in [6.45, 7) is 3.54. The van der Waals surface area contributed by atoms with Gasteiger partial charge in [0, 0.05) is 18.7 Å². The molecule has 3 rings (SSSR count). The molecule has 1 aromatic rings. The summed E-state index contributed by atoms with van der Waals surface area (Å²) in [5.41, 5.74) is 3.48. The first-order chi connectivity index (χ1) is 9.65. The minimum Gasteiger partial charge on any atom is -0.353 e. The fourth-order valence-corrected chi connectivity index (χ4v) is 3.07. The number of nitrogens with zero attached hydrogens (tertiary/aromatic N) is 1. The van der Waals surface area contributed by atoms with Crippen LogP contribution in [0.5, 0.6) is 0 Å². The normalized spacial score (nSPS) is 22.4. The Bertz CT molecular complexity index is 553. The molecule has 0 saturated carbocycles. The fourth-order valence-electron chi connectivity index (χ4n) is 3.07. The molecule has 1 amide bonds. The van der Waals surface area contributed by atoms with Gasteiger partial charge in [0.2, 0.25) is 5.91 Å². The lowest BCUT2D eigenvalue weighted by atomic mass is 10.0. The number of hydrogen-bond acceptors (Lipinski definition) is 3. The Labute approximate surface area is 119 Å². The van der Waals surface area contributed by atoms with Gasteiger partial charge in [0.05, 0.1) is 12.6 Å². The molecule has 20 heavy (non-hydrogen) atoms. The van der Waals surface area contributed by atoms with E-state index < -0.39 is 0 Å². The van der Waals surface area contributed by atoms with E-state index in [9.17, 15) is 9.59 Å². The Balaban J connectivity index is 1.71. The Kier molecular flexibility index (Phi) is 3.57. The smallest absolute Gasteiger partial charge is 0.237 e. The molecule has 0 aromatic heterocycles. The zero-order chi connectivity index (χ0) is 14.1. The van der Waals surface area contributed by atoms with Crippen molar-refractivity contribution < 1.29 is 9.59 Å². The van der Waals surface area contributed by atoms with E-state index in [0.717, 1.165) is 24.9 Å². The number of aryl methyl sites for hydroxylation is 2. The molecule has 106 valence electrons. The number of fused-ring (bicyclic) bond motifs is 1. The summed E-state index contributed by atoms with van der Waals surface area (Å²) < 4.78 is 0. The van der Waals surface area contributed by atoms with Crippen LogP contribution in [0.1, 0.15) is 34.8 Å². The second-order valence-corrected chi connectivity index (χ2v) is 5.70. The molecule has 1 heterocycles. The summed E-state index contributed by atoms with van der Waals surface area (Å²) in [5, 5.41) is 2.82. The Morgan fingerprint density at radius 2 is 2.15 bits per heavy atom. The Morgan fingerprint density at radius 3 is 3.00 bits per heavy atom. The van der Waals surface area contributed by atoms with Crippen molar-refractivity contribution in [2.75, 3.05) is 19.6 Å². The zero-order valence-corrected chi connectivity index (χ0v) is 11.8. The number of nitrogens with one attached hydrogen (secondary N) is 1. The first-order valence-corrected chi connectivity index (χ1v) is 7.32. The Morgan fingerprint density at radius 1 is 1.35 bits per heavy atom. The first-order valence-electron chi connectivity index (χ1n) is 7.32. The zero-order valence-electron chi connectivity index (χ0n) is 11.8. The highest BCUT2D eigenvalue weighted by Crippen LogP contribution is 2.23. The van der Waals surface area contributed by atoms with Crippen LogP contribution in [0.15, 0.2) is 18.2 Å². The van der Waals surface area contributed by atoms with Gasteiger partial charge in [-0.2, -0.15) is 0 Å². The van der Waals surface area contributed by atoms with E-state index >= 15 is 0 Å². The molecule has 1 aliphatic carbocycles. The number of rotatable bonds is 3. The fraction of sp³-hybridized carbons (Fsp3) is 0.500. The van der Waals surface area contributed by atoms with E-state index in [1.54, 1.807) is 0 Å². The van der Waals surface area contributed by atoms with Gasteiger partial charge in [0.25, 0.3) is 0 Å². The van der Waals surface area contributed by atoms with Crippen LogP contribution < -0.4 is 5.32 Å². The van der Waals surface area contributed by atoms with Crippen molar-refractivity contribution in [3.63, 3.8) is 0 Å². The minimum absolute atomic E-state index is 0.0120. The van der Waals surface area contributed by atoms with E-state index in [0.29, 0.717) is 13.1 Å². The van der Waals surface area contributed by atoms with Crippen molar-refractivity contribution in [2.24, 2.45) is 0 Å². The molecule has 1 saturated heterocycles. The molecule has 1 atom stereocenters. The quantitative estimate of drug-likeness (QED) is 0.841. The number of carbonyl (C=O) groups is 2. The summed E-state index contributed by atoms with van der Waals surface area (Å²) in [5.74, 6) is 0.124. The van der Waals surface area contributed by atoms with E-state index in [-0.39, 0.29) is 17.7 Å². The van der Waals surface area contributed by atoms with E-state index in [1.807, 2.05) is 24.0 Å². The van der Waals surface area contributed by atoms with Gasteiger partial charge in [-0.1, -0.05) is 12.1 Å². The van der Waals surface area contributed by atoms with Gasteiger partial charge < -0.3 is 5.32 Å². The third-order valence-electron chi connectivity index (χ3n) is 4.39. The molecule has 0 bridgehead atoms. The maximum absolute atomic E-state index is 12.4. The highest BCUT2D eigenvalue weighted by molar-refractivity contribution is 5.98. The molecule has 2 aliphatic rings. The predicted octanol–water partition coefficient (Wildman–Crippen LogP) is 1.18. The SMILES string of the molecule is CC1C(=O)NCCN1CC(=O)c1ccc2c(c1)CCC2. The maximum Gasteiger partial charge on any atom is 0.237 e. The molecule has 0 spiro atoms. The first kappa shape index (κ1) is 13.3. The third-order valence-corrected chi connectivity index (χ3v) is 4.39. The second-order valence-electron chi connectivity index (χ2n) is 5.70. The van der Waals surface area contributed by atoms with Gasteiger partial charge in [0.15, 0.2) is 5.78 Å². The molecule has 1 aliphatic heterocycles. The number of carbonyl (C=O) groups excluding carboxylic acids is 2. The highest BCUT2D eigenvalue weighted by Gasteiger charge is 2.27. The second kappa shape index (κ2) is 5.37. The average Bonchev–Trinajstić information content (AvgIpc) is 2.91. The largest absolute Gasteiger partial charge is 0.353 e. The van der Waals surface area contributed by atoms with Crippen LogP contribution in [0.2, 0.25) is 0 Å². The van der Waals surface area contributed by atoms with Crippen LogP contribution in [-0.2, 0) is 17.6 Å². The maximum atomic E-state index is 12.4. The molecule has 1 fully saturated rings. The van der Waals surface area contributed by atoms with E-state index in [4.69, 9.17) is 0 Å². The van der Waals surface area contributed by atoms with Crippen molar-refractivity contribution in [3.8, 4) is 0 Å². The van der Waals surface area contributed by atoms with E-state index in [2.05, 4.69) is 11.4 Å². The Hall–Kier alpha value is -1.68. The van der Waals surface area contributed by atoms with Crippen LogP contribution in [0, 0.1) is 0 Å². The number of amides is 1. The van der Waals surface area contributed by atoms with Crippen LogP contribution in [0.25, 0.3) is 0 Å². The van der Waals surface area contributed by atoms with Gasteiger partial charge >= 0.3 is 0 Å². The lowest BCUT2D eigenvalue weighted by molar-refractivity contribution is -0.127. The van der Waals surface area contributed by atoms with Crippen molar-refractivity contribution in [1.29, 1.82) is 0 Å². The summed E-state index contributed by atoms with van der Waals surface area (Å²) in [7, 11) is 0. The van der Waals surface area contributed by atoms with Gasteiger partial charge in [-0.05, 0) is 43.4 Å². The minimum atomic E-state index is -0.220. The van der Waals surface area contributed by atoms with E-state index in [1.165, 1.54) is 17.5 Å². The molecule has 4 nitrogen and oxygen atoms in total. The number of Topliss-reactive ketones (excluding diaryl/α,β-unsaturated/α-hetero) is 1. The summed E-state index contributed by atoms with van der Waals surface area (Å²) >= 11 is 0. The third kappa shape index (κ3) is 2.48. The van der Waals surface area contributed by atoms with Gasteiger partial charge in [-0.3, -0.25) is 14.5 Å². The molecule has 1 unspecified atom stereocenters. The van der Waals surface area contributed by atoms with Crippen molar-refractivity contribution in [1.82, 2.24) is 10.2 Å². The molecular formula is C16H20N2O2. The summed E-state index contributed by atoms with van der Waals surface area (Å²) in [4.78, 5) is 26.0. The van der Waals surface area contributed by atoms with Crippen LogP contribution in [0.3, 0.4) is 0 Å². The van der Waals surface area contributed by atoms with Gasteiger partial charge in [-0.25, -0.2) is 0 Å². The summed E-state index contributed by atoms with van der Waals surface area (Å²) in [6, 6.07) is 5.84. The average molecular weight is 272 g/mol. The molecule has 1 aromatic carbocycles. The monoisotopic (exact) mass is 272 g/mol. The standard InChI is InChI=1S/C16H20N2O2/c1-11-16(20)17-7-8-18(11)10-15(19)14-6-5-12-3-2-4-13(12)9-14/h5-6,9,11H,2-4,7-8,10H2,1H3,(H,17,20).